The van der Waals surface area contributed by atoms with E-state index >= 15 is 0 Å². The first kappa shape index (κ1) is 10.1. The van der Waals surface area contributed by atoms with Gasteiger partial charge in [-0.15, -0.1) is 0 Å². The zero-order chi connectivity index (χ0) is 10.0. The van der Waals surface area contributed by atoms with Crippen LogP contribution in [0.1, 0.15) is 17.3 Å². The highest BCUT2D eigenvalue weighted by Gasteiger charge is 2.14. The molecule has 0 atom stereocenters. The highest BCUT2D eigenvalue weighted by molar-refractivity contribution is 9.10. The summed E-state index contributed by atoms with van der Waals surface area (Å²) in [5, 5.41) is 9.38. The minimum absolute atomic E-state index is 0.0415. The predicted molar refractivity (Wildman–Crippen MR) is 52.4 cm³/mol. The van der Waals surface area contributed by atoms with Crippen LogP contribution in [0.2, 0.25) is 0 Å². The van der Waals surface area contributed by atoms with Gasteiger partial charge in [-0.1, -0.05) is 0 Å². The van der Waals surface area contributed by atoms with Crippen molar-refractivity contribution >= 4 is 21.7 Å². The van der Waals surface area contributed by atoms with Crippen molar-refractivity contribution in [1.29, 1.82) is 0 Å². The quantitative estimate of drug-likeness (QED) is 0.813. The molecule has 0 aliphatic carbocycles. The lowest BCUT2D eigenvalue weighted by atomic mass is 10.1. The molecule has 0 radical (unpaired) electrons. The number of phenolic OH excluding ortho intramolecular Hbond substituents is 1. The smallest absolute Gasteiger partial charge is 0.164 e. The van der Waals surface area contributed by atoms with Crippen LogP contribution >= 0.6 is 15.9 Å². The third-order valence-electron chi connectivity index (χ3n) is 1.66. The first-order valence-corrected chi connectivity index (χ1v) is 4.43. The van der Waals surface area contributed by atoms with Crippen molar-refractivity contribution < 1.29 is 14.6 Å². The molecular formula is C9H9BrO3. The van der Waals surface area contributed by atoms with E-state index in [0.717, 1.165) is 0 Å². The van der Waals surface area contributed by atoms with E-state index in [0.29, 0.717) is 10.2 Å². The van der Waals surface area contributed by atoms with E-state index in [-0.39, 0.29) is 17.1 Å². The fourth-order valence-corrected chi connectivity index (χ4v) is 1.82. The molecule has 0 heterocycles. The monoisotopic (exact) mass is 244 g/mol. The highest BCUT2D eigenvalue weighted by atomic mass is 79.9. The molecule has 0 spiro atoms. The number of hydrogen-bond donors (Lipinski definition) is 1. The zero-order valence-electron chi connectivity index (χ0n) is 7.30. The Morgan fingerprint density at radius 3 is 2.62 bits per heavy atom. The average Bonchev–Trinajstić information content (AvgIpc) is 2.04. The summed E-state index contributed by atoms with van der Waals surface area (Å²) in [5.74, 6) is 0.284. The lowest BCUT2D eigenvalue weighted by Crippen LogP contribution is -1.96. The van der Waals surface area contributed by atoms with Crippen LogP contribution in [0.15, 0.2) is 16.6 Å². The van der Waals surface area contributed by atoms with Crippen molar-refractivity contribution in [2.45, 2.75) is 6.92 Å². The van der Waals surface area contributed by atoms with Crippen LogP contribution in [0.5, 0.6) is 11.5 Å². The Morgan fingerprint density at radius 1 is 1.54 bits per heavy atom. The molecule has 0 fully saturated rings. The number of phenols is 1. The molecule has 0 aliphatic heterocycles. The number of halogens is 1. The number of carbonyl (C=O) groups excluding carboxylic acids is 1. The van der Waals surface area contributed by atoms with Gasteiger partial charge in [0.1, 0.15) is 11.5 Å². The molecule has 0 saturated heterocycles. The van der Waals surface area contributed by atoms with E-state index < -0.39 is 0 Å². The van der Waals surface area contributed by atoms with Crippen LogP contribution < -0.4 is 4.74 Å². The molecule has 0 bridgehead atoms. The van der Waals surface area contributed by atoms with E-state index in [2.05, 4.69) is 15.9 Å². The van der Waals surface area contributed by atoms with Gasteiger partial charge >= 0.3 is 0 Å². The minimum atomic E-state index is -0.205. The summed E-state index contributed by atoms with van der Waals surface area (Å²) in [6.45, 7) is 1.39. The van der Waals surface area contributed by atoms with Crippen LogP contribution in [0.4, 0.5) is 0 Å². The third-order valence-corrected chi connectivity index (χ3v) is 2.44. The third kappa shape index (κ3) is 1.83. The standard InChI is InChI=1S/C9H9BrO3/c1-5(11)8-6(12)3-4-7(13-2)9(8)10/h3-4,12H,1-2H3. The lowest BCUT2D eigenvalue weighted by Gasteiger charge is -2.07. The molecule has 0 aliphatic rings. The van der Waals surface area contributed by atoms with Crippen molar-refractivity contribution in [3.63, 3.8) is 0 Å². The largest absolute Gasteiger partial charge is 0.507 e. The number of ketones is 1. The summed E-state index contributed by atoms with van der Waals surface area (Å²) in [6.07, 6.45) is 0. The zero-order valence-corrected chi connectivity index (χ0v) is 8.88. The van der Waals surface area contributed by atoms with Crippen LogP contribution in [0.25, 0.3) is 0 Å². The second kappa shape index (κ2) is 3.79. The van der Waals surface area contributed by atoms with Gasteiger partial charge in [-0.2, -0.15) is 0 Å². The van der Waals surface area contributed by atoms with Crippen LogP contribution in [-0.2, 0) is 0 Å². The number of ether oxygens (including phenoxy) is 1. The summed E-state index contributed by atoms with van der Waals surface area (Å²) in [7, 11) is 1.50. The Bertz CT molecular complexity index is 347. The molecule has 4 heteroatoms. The Kier molecular flexibility index (Phi) is 2.93. The second-order valence-electron chi connectivity index (χ2n) is 2.53. The Balaban J connectivity index is 3.38. The maximum atomic E-state index is 11.1. The van der Waals surface area contributed by atoms with Crippen molar-refractivity contribution in [3.05, 3.63) is 22.2 Å². The van der Waals surface area contributed by atoms with Crippen LogP contribution in [-0.4, -0.2) is 18.0 Å². The SMILES string of the molecule is COc1ccc(O)c(C(C)=O)c1Br. The molecule has 1 aromatic carbocycles. The molecule has 70 valence electrons. The Hall–Kier alpha value is -1.03. The Morgan fingerprint density at radius 2 is 2.15 bits per heavy atom. The van der Waals surface area contributed by atoms with Crippen molar-refractivity contribution in [2.24, 2.45) is 0 Å². The van der Waals surface area contributed by atoms with Crippen molar-refractivity contribution in [3.8, 4) is 11.5 Å². The van der Waals surface area contributed by atoms with Gasteiger partial charge in [0.05, 0.1) is 17.1 Å². The first-order valence-electron chi connectivity index (χ1n) is 3.64. The van der Waals surface area contributed by atoms with Gasteiger partial charge in [0, 0.05) is 0 Å². The molecular weight excluding hydrogens is 236 g/mol. The van der Waals surface area contributed by atoms with Crippen LogP contribution in [0.3, 0.4) is 0 Å². The van der Waals surface area contributed by atoms with E-state index in [9.17, 15) is 9.90 Å². The second-order valence-corrected chi connectivity index (χ2v) is 3.33. The van der Waals surface area contributed by atoms with Gasteiger partial charge < -0.3 is 9.84 Å². The normalized spacial score (nSPS) is 9.77. The summed E-state index contributed by atoms with van der Waals surface area (Å²) >= 11 is 3.19. The molecule has 1 N–H and O–H groups in total. The van der Waals surface area contributed by atoms with Gasteiger partial charge in [0.15, 0.2) is 5.78 Å². The lowest BCUT2D eigenvalue weighted by molar-refractivity contribution is 0.101. The van der Waals surface area contributed by atoms with Crippen LogP contribution in [0, 0.1) is 0 Å². The fraction of sp³-hybridized carbons (Fsp3) is 0.222. The minimum Gasteiger partial charge on any atom is -0.507 e. The van der Waals surface area contributed by atoms with E-state index in [1.165, 1.54) is 20.1 Å². The number of hydrogen-bond acceptors (Lipinski definition) is 3. The van der Waals surface area contributed by atoms with E-state index in [4.69, 9.17) is 4.74 Å². The topological polar surface area (TPSA) is 46.5 Å². The first-order chi connectivity index (χ1) is 6.07. The molecule has 0 aromatic heterocycles. The van der Waals surface area contributed by atoms with Gasteiger partial charge in [-0.3, -0.25) is 4.79 Å². The molecule has 1 aromatic rings. The van der Waals surface area contributed by atoms with E-state index in [1.807, 2.05) is 0 Å². The van der Waals surface area contributed by atoms with Gasteiger partial charge in [0.2, 0.25) is 0 Å². The maximum absolute atomic E-state index is 11.1. The number of Topliss-reactive ketones (excluding diaryl/α,β-unsaturated/α-hetero) is 1. The summed E-state index contributed by atoms with van der Waals surface area (Å²) in [5.41, 5.74) is 0.249. The number of methoxy groups -OCH3 is 1. The molecule has 1 rings (SSSR count). The maximum Gasteiger partial charge on any atom is 0.164 e. The average molecular weight is 245 g/mol. The fourth-order valence-electron chi connectivity index (χ4n) is 1.04. The van der Waals surface area contributed by atoms with Gasteiger partial charge in [-0.25, -0.2) is 0 Å². The predicted octanol–water partition coefficient (Wildman–Crippen LogP) is 2.37. The Labute approximate surface area is 84.5 Å². The van der Waals surface area contributed by atoms with Gasteiger partial charge in [0.25, 0.3) is 0 Å². The molecule has 3 nitrogen and oxygen atoms in total. The molecule has 0 saturated carbocycles. The number of aromatic hydroxyl groups is 1. The number of benzene rings is 1. The number of carbonyl (C=O) groups is 1. The van der Waals surface area contributed by atoms with E-state index in [1.54, 1.807) is 6.07 Å². The number of rotatable bonds is 2. The summed E-state index contributed by atoms with van der Waals surface area (Å²) in [6, 6.07) is 3.02. The molecule has 13 heavy (non-hydrogen) atoms. The summed E-state index contributed by atoms with van der Waals surface area (Å²) in [4.78, 5) is 11.1. The molecule has 0 unspecified atom stereocenters. The van der Waals surface area contributed by atoms with Crippen molar-refractivity contribution in [1.82, 2.24) is 0 Å². The highest BCUT2D eigenvalue weighted by Crippen LogP contribution is 2.34. The summed E-state index contributed by atoms with van der Waals surface area (Å²) < 4.78 is 5.47. The van der Waals surface area contributed by atoms with Gasteiger partial charge in [-0.05, 0) is 35.0 Å². The molecule has 0 amide bonds. The van der Waals surface area contributed by atoms with Crippen molar-refractivity contribution in [2.75, 3.05) is 7.11 Å².